The Labute approximate surface area is 126 Å². The minimum atomic E-state index is 0.290. The first kappa shape index (κ1) is 13.5. The van der Waals surface area contributed by atoms with Gasteiger partial charge in [0, 0.05) is 16.8 Å². The third kappa shape index (κ3) is 2.55. The fourth-order valence-corrected chi connectivity index (χ4v) is 3.12. The van der Waals surface area contributed by atoms with Gasteiger partial charge in [-0.25, -0.2) is 0 Å². The Morgan fingerprint density at radius 3 is 2.75 bits per heavy atom. The van der Waals surface area contributed by atoms with Gasteiger partial charge in [-0.1, -0.05) is 35.9 Å². The molecule has 0 radical (unpaired) electrons. The van der Waals surface area contributed by atoms with Crippen LogP contribution in [0.3, 0.4) is 0 Å². The lowest BCUT2D eigenvalue weighted by atomic mass is 10.0. The van der Waals surface area contributed by atoms with Crippen LogP contribution < -0.4 is 5.32 Å². The predicted molar refractivity (Wildman–Crippen MR) is 86.7 cm³/mol. The lowest BCUT2D eigenvalue weighted by molar-refractivity contribution is 0.877. The number of anilines is 1. The van der Waals surface area contributed by atoms with E-state index in [1.807, 2.05) is 12.1 Å². The second kappa shape index (κ2) is 5.49. The Kier molecular flexibility index (Phi) is 3.71. The summed E-state index contributed by atoms with van der Waals surface area (Å²) in [6.45, 7) is 4.26. The molecule has 0 saturated heterocycles. The quantitative estimate of drug-likeness (QED) is 0.806. The van der Waals surface area contributed by atoms with Gasteiger partial charge < -0.3 is 5.32 Å². The number of hydrogen-bond donors (Lipinski definition) is 1. The van der Waals surface area contributed by atoms with Gasteiger partial charge in [0.2, 0.25) is 0 Å². The van der Waals surface area contributed by atoms with E-state index >= 15 is 0 Å². The maximum atomic E-state index is 6.18. The standard InChI is InChI=1S/C18H20ClN/c1-12-17(19)7-4-8-18(12)20-13(2)15-10-9-14-5-3-6-16(14)11-15/h4,7-11,13,20H,3,5-6H2,1-2H3. The van der Waals surface area contributed by atoms with Gasteiger partial charge in [-0.3, -0.25) is 0 Å². The molecular formula is C18H20ClN. The van der Waals surface area contributed by atoms with E-state index in [0.717, 1.165) is 16.3 Å². The van der Waals surface area contributed by atoms with Crippen molar-refractivity contribution in [2.45, 2.75) is 39.2 Å². The SMILES string of the molecule is Cc1c(Cl)cccc1NC(C)c1ccc2c(c1)CCC2. The third-order valence-electron chi connectivity index (χ3n) is 4.26. The van der Waals surface area contributed by atoms with E-state index in [-0.39, 0.29) is 6.04 Å². The first-order chi connectivity index (χ1) is 9.65. The van der Waals surface area contributed by atoms with Crippen molar-refractivity contribution in [3.8, 4) is 0 Å². The van der Waals surface area contributed by atoms with Gasteiger partial charge in [-0.2, -0.15) is 0 Å². The van der Waals surface area contributed by atoms with Crippen LogP contribution in [0.4, 0.5) is 5.69 Å². The summed E-state index contributed by atoms with van der Waals surface area (Å²) in [7, 11) is 0. The average Bonchev–Trinajstić information content (AvgIpc) is 2.91. The molecule has 1 aliphatic rings. The molecule has 0 aromatic heterocycles. The monoisotopic (exact) mass is 285 g/mol. The Morgan fingerprint density at radius 2 is 1.90 bits per heavy atom. The van der Waals surface area contributed by atoms with E-state index < -0.39 is 0 Å². The van der Waals surface area contributed by atoms with Gasteiger partial charge in [-0.15, -0.1) is 0 Å². The molecule has 0 amide bonds. The lowest BCUT2D eigenvalue weighted by Crippen LogP contribution is -2.08. The number of benzene rings is 2. The Morgan fingerprint density at radius 1 is 1.10 bits per heavy atom. The summed E-state index contributed by atoms with van der Waals surface area (Å²) in [4.78, 5) is 0. The zero-order chi connectivity index (χ0) is 14.1. The van der Waals surface area contributed by atoms with Crippen molar-refractivity contribution in [1.82, 2.24) is 0 Å². The van der Waals surface area contributed by atoms with Crippen LogP contribution in [0, 0.1) is 6.92 Å². The molecule has 1 aliphatic carbocycles. The fraction of sp³-hybridized carbons (Fsp3) is 0.333. The van der Waals surface area contributed by atoms with Crippen molar-refractivity contribution in [3.05, 3.63) is 63.7 Å². The molecule has 2 heteroatoms. The van der Waals surface area contributed by atoms with Crippen molar-refractivity contribution >= 4 is 17.3 Å². The number of hydrogen-bond acceptors (Lipinski definition) is 1. The summed E-state index contributed by atoms with van der Waals surface area (Å²) in [5.74, 6) is 0. The van der Waals surface area contributed by atoms with E-state index in [4.69, 9.17) is 11.6 Å². The zero-order valence-electron chi connectivity index (χ0n) is 12.0. The van der Waals surface area contributed by atoms with E-state index in [1.54, 1.807) is 0 Å². The summed E-state index contributed by atoms with van der Waals surface area (Å²) in [6, 6.07) is 13.2. The highest BCUT2D eigenvalue weighted by molar-refractivity contribution is 6.31. The molecule has 1 atom stereocenters. The van der Waals surface area contributed by atoms with Crippen LogP contribution in [0.15, 0.2) is 36.4 Å². The van der Waals surface area contributed by atoms with E-state index in [9.17, 15) is 0 Å². The van der Waals surface area contributed by atoms with Crippen LogP contribution in [0.2, 0.25) is 5.02 Å². The molecule has 0 fully saturated rings. The molecule has 0 bridgehead atoms. The normalized spacial score (nSPS) is 14.9. The second-order valence-electron chi connectivity index (χ2n) is 5.66. The summed E-state index contributed by atoms with van der Waals surface area (Å²) in [5.41, 5.74) is 6.64. The predicted octanol–water partition coefficient (Wildman–Crippen LogP) is 5.31. The van der Waals surface area contributed by atoms with Gasteiger partial charge in [-0.05, 0) is 67.5 Å². The van der Waals surface area contributed by atoms with Gasteiger partial charge in [0.05, 0.1) is 0 Å². The topological polar surface area (TPSA) is 12.0 Å². The molecule has 1 nitrogen and oxygen atoms in total. The molecule has 104 valence electrons. The highest BCUT2D eigenvalue weighted by atomic mass is 35.5. The van der Waals surface area contributed by atoms with Gasteiger partial charge in [0.1, 0.15) is 0 Å². The summed E-state index contributed by atoms with van der Waals surface area (Å²) >= 11 is 6.18. The molecule has 1 unspecified atom stereocenters. The highest BCUT2D eigenvalue weighted by Gasteiger charge is 2.14. The first-order valence-corrected chi connectivity index (χ1v) is 7.66. The summed E-state index contributed by atoms with van der Waals surface area (Å²) in [6.07, 6.45) is 3.77. The summed E-state index contributed by atoms with van der Waals surface area (Å²) < 4.78 is 0. The molecule has 0 spiro atoms. The van der Waals surface area contributed by atoms with Gasteiger partial charge >= 0.3 is 0 Å². The van der Waals surface area contributed by atoms with E-state index in [1.165, 1.54) is 36.0 Å². The second-order valence-corrected chi connectivity index (χ2v) is 6.07. The van der Waals surface area contributed by atoms with Crippen LogP contribution >= 0.6 is 11.6 Å². The molecule has 0 aliphatic heterocycles. The molecule has 2 aromatic rings. The molecule has 0 heterocycles. The van der Waals surface area contributed by atoms with Crippen LogP contribution in [0.5, 0.6) is 0 Å². The lowest BCUT2D eigenvalue weighted by Gasteiger charge is -2.19. The molecular weight excluding hydrogens is 266 g/mol. The molecule has 1 N–H and O–H groups in total. The van der Waals surface area contributed by atoms with Gasteiger partial charge in [0.15, 0.2) is 0 Å². The Bertz CT molecular complexity index is 633. The van der Waals surface area contributed by atoms with Crippen LogP contribution in [-0.4, -0.2) is 0 Å². The van der Waals surface area contributed by atoms with Crippen LogP contribution in [0.1, 0.15) is 41.6 Å². The molecule has 2 aromatic carbocycles. The number of fused-ring (bicyclic) bond motifs is 1. The maximum Gasteiger partial charge on any atom is 0.0485 e. The highest BCUT2D eigenvalue weighted by Crippen LogP contribution is 2.29. The third-order valence-corrected chi connectivity index (χ3v) is 4.67. The van der Waals surface area contributed by atoms with Crippen molar-refractivity contribution in [3.63, 3.8) is 0 Å². The van der Waals surface area contributed by atoms with Crippen molar-refractivity contribution in [2.24, 2.45) is 0 Å². The fourth-order valence-electron chi connectivity index (χ4n) is 2.94. The summed E-state index contributed by atoms with van der Waals surface area (Å²) in [5, 5.41) is 4.39. The zero-order valence-corrected chi connectivity index (χ0v) is 12.8. The maximum absolute atomic E-state index is 6.18. The van der Waals surface area contributed by atoms with E-state index in [2.05, 4.69) is 43.4 Å². The van der Waals surface area contributed by atoms with Crippen LogP contribution in [-0.2, 0) is 12.8 Å². The van der Waals surface area contributed by atoms with E-state index in [0.29, 0.717) is 0 Å². The largest absolute Gasteiger partial charge is 0.378 e. The number of aryl methyl sites for hydroxylation is 2. The number of halogens is 1. The molecule has 20 heavy (non-hydrogen) atoms. The average molecular weight is 286 g/mol. The first-order valence-electron chi connectivity index (χ1n) is 7.28. The molecule has 0 saturated carbocycles. The van der Waals surface area contributed by atoms with Crippen molar-refractivity contribution in [2.75, 3.05) is 5.32 Å². The number of rotatable bonds is 3. The minimum absolute atomic E-state index is 0.290. The minimum Gasteiger partial charge on any atom is -0.378 e. The van der Waals surface area contributed by atoms with Crippen LogP contribution in [0.25, 0.3) is 0 Å². The smallest absolute Gasteiger partial charge is 0.0485 e. The van der Waals surface area contributed by atoms with Gasteiger partial charge in [0.25, 0.3) is 0 Å². The molecule has 3 rings (SSSR count). The Hall–Kier alpha value is -1.47. The van der Waals surface area contributed by atoms with Crippen molar-refractivity contribution in [1.29, 1.82) is 0 Å². The van der Waals surface area contributed by atoms with Crippen molar-refractivity contribution < 1.29 is 0 Å². The number of nitrogens with one attached hydrogen (secondary N) is 1. The Balaban J connectivity index is 1.82.